The van der Waals surface area contributed by atoms with Crippen molar-refractivity contribution >= 4 is 0 Å². The molecule has 1 saturated carbocycles. The van der Waals surface area contributed by atoms with Crippen LogP contribution in [0.25, 0.3) is 0 Å². The molecular formula is C14H21NO3. The third-order valence-electron chi connectivity index (χ3n) is 3.50. The van der Waals surface area contributed by atoms with Crippen LogP contribution in [0.2, 0.25) is 0 Å². The lowest BCUT2D eigenvalue weighted by Crippen LogP contribution is -2.51. The number of aryl methyl sites for hydroxylation is 1. The Hall–Kier alpha value is -1.26. The summed E-state index contributed by atoms with van der Waals surface area (Å²) < 4.78 is 11.0. The van der Waals surface area contributed by atoms with E-state index < -0.39 is 5.54 Å². The molecule has 4 heteroatoms. The number of hydrogen-bond acceptors (Lipinski definition) is 4. The molecule has 1 aromatic rings. The zero-order valence-corrected chi connectivity index (χ0v) is 11.0. The average molecular weight is 251 g/mol. The van der Waals surface area contributed by atoms with Gasteiger partial charge < -0.3 is 20.3 Å². The van der Waals surface area contributed by atoms with Gasteiger partial charge in [-0.25, -0.2) is 0 Å². The van der Waals surface area contributed by atoms with Gasteiger partial charge in [0.25, 0.3) is 0 Å². The van der Waals surface area contributed by atoms with Gasteiger partial charge in [0.1, 0.15) is 6.61 Å². The molecule has 0 radical (unpaired) electrons. The number of methoxy groups -OCH3 is 1. The Balaban J connectivity index is 2.05. The molecule has 4 nitrogen and oxygen atoms in total. The van der Waals surface area contributed by atoms with Crippen molar-refractivity contribution in [1.82, 2.24) is 0 Å². The maximum absolute atomic E-state index is 9.41. The maximum Gasteiger partial charge on any atom is 0.161 e. The van der Waals surface area contributed by atoms with Gasteiger partial charge in [-0.15, -0.1) is 0 Å². The highest BCUT2D eigenvalue weighted by Crippen LogP contribution is 2.39. The topological polar surface area (TPSA) is 64.7 Å². The molecule has 2 rings (SSSR count). The number of aliphatic hydroxyl groups excluding tert-OH is 1. The van der Waals surface area contributed by atoms with E-state index in [0.717, 1.165) is 18.4 Å². The molecule has 1 aromatic carbocycles. The van der Waals surface area contributed by atoms with Gasteiger partial charge in [-0.3, -0.25) is 0 Å². The van der Waals surface area contributed by atoms with Crippen molar-refractivity contribution < 1.29 is 14.6 Å². The van der Waals surface area contributed by atoms with Crippen molar-refractivity contribution in [3.8, 4) is 11.5 Å². The van der Waals surface area contributed by atoms with E-state index in [2.05, 4.69) is 0 Å². The van der Waals surface area contributed by atoms with Crippen LogP contribution >= 0.6 is 0 Å². The molecule has 18 heavy (non-hydrogen) atoms. The second kappa shape index (κ2) is 5.16. The van der Waals surface area contributed by atoms with E-state index in [-0.39, 0.29) is 6.61 Å². The number of nitrogens with two attached hydrogens (primary N) is 1. The van der Waals surface area contributed by atoms with Crippen LogP contribution in [-0.2, 0) is 0 Å². The van der Waals surface area contributed by atoms with E-state index in [9.17, 15) is 5.11 Å². The molecule has 0 heterocycles. The lowest BCUT2D eigenvalue weighted by atomic mass is 9.97. The van der Waals surface area contributed by atoms with Crippen LogP contribution < -0.4 is 15.2 Å². The van der Waals surface area contributed by atoms with Crippen molar-refractivity contribution in [1.29, 1.82) is 0 Å². The summed E-state index contributed by atoms with van der Waals surface area (Å²) in [6.45, 7) is 2.26. The fourth-order valence-electron chi connectivity index (χ4n) is 2.06. The second-order valence-corrected chi connectivity index (χ2v) is 5.11. The van der Waals surface area contributed by atoms with Crippen molar-refractivity contribution in [3.63, 3.8) is 0 Å². The molecule has 1 unspecified atom stereocenters. The van der Waals surface area contributed by atoms with E-state index in [1.807, 2.05) is 25.1 Å². The van der Waals surface area contributed by atoms with Crippen LogP contribution in [0.15, 0.2) is 18.2 Å². The first-order valence-corrected chi connectivity index (χ1v) is 6.26. The third kappa shape index (κ3) is 2.76. The fraction of sp³-hybridized carbons (Fsp3) is 0.571. The first kappa shape index (κ1) is 13.2. The predicted molar refractivity (Wildman–Crippen MR) is 70.0 cm³/mol. The van der Waals surface area contributed by atoms with Gasteiger partial charge in [0, 0.05) is 0 Å². The minimum Gasteiger partial charge on any atom is -0.493 e. The molecule has 0 amide bonds. The average Bonchev–Trinajstić information content (AvgIpc) is 3.21. The Labute approximate surface area is 108 Å². The van der Waals surface area contributed by atoms with E-state index in [1.165, 1.54) is 0 Å². The molecule has 3 N–H and O–H groups in total. The number of ether oxygens (including phenoxy) is 2. The summed E-state index contributed by atoms with van der Waals surface area (Å²) in [5, 5.41) is 9.41. The minimum atomic E-state index is -0.629. The van der Waals surface area contributed by atoms with Crippen molar-refractivity contribution in [2.24, 2.45) is 11.7 Å². The highest BCUT2D eigenvalue weighted by atomic mass is 16.5. The minimum absolute atomic E-state index is 0.0498. The summed E-state index contributed by atoms with van der Waals surface area (Å²) in [5.74, 6) is 1.75. The molecule has 0 saturated heterocycles. The number of hydrogen-bond donors (Lipinski definition) is 2. The molecule has 1 atom stereocenters. The summed E-state index contributed by atoms with van der Waals surface area (Å²) >= 11 is 0. The normalized spacial score (nSPS) is 18.2. The van der Waals surface area contributed by atoms with Gasteiger partial charge >= 0.3 is 0 Å². The summed E-state index contributed by atoms with van der Waals surface area (Å²) in [6, 6.07) is 5.76. The fourth-order valence-corrected chi connectivity index (χ4v) is 2.06. The first-order valence-electron chi connectivity index (χ1n) is 6.26. The van der Waals surface area contributed by atoms with Gasteiger partial charge in [0.05, 0.1) is 19.3 Å². The smallest absolute Gasteiger partial charge is 0.161 e. The van der Waals surface area contributed by atoms with Crippen LogP contribution in [0.1, 0.15) is 18.4 Å². The molecule has 1 aliphatic rings. The number of rotatable bonds is 6. The Kier molecular flexibility index (Phi) is 3.78. The second-order valence-electron chi connectivity index (χ2n) is 5.11. The predicted octanol–water partition coefficient (Wildman–Crippen LogP) is 1.48. The van der Waals surface area contributed by atoms with Crippen molar-refractivity contribution in [2.45, 2.75) is 25.3 Å². The summed E-state index contributed by atoms with van der Waals surface area (Å²) in [6.07, 6.45) is 2.15. The molecule has 0 spiro atoms. The van der Waals surface area contributed by atoms with Crippen molar-refractivity contribution in [2.75, 3.05) is 20.3 Å². The lowest BCUT2D eigenvalue weighted by molar-refractivity contribution is 0.115. The maximum atomic E-state index is 9.41. The molecule has 1 aliphatic carbocycles. The van der Waals surface area contributed by atoms with E-state index >= 15 is 0 Å². The quantitative estimate of drug-likeness (QED) is 0.804. The Morgan fingerprint density at radius 1 is 1.39 bits per heavy atom. The molecule has 100 valence electrons. The van der Waals surface area contributed by atoms with Crippen LogP contribution in [-0.4, -0.2) is 31.0 Å². The van der Waals surface area contributed by atoms with Crippen LogP contribution in [0.5, 0.6) is 11.5 Å². The highest BCUT2D eigenvalue weighted by molar-refractivity contribution is 5.42. The van der Waals surface area contributed by atoms with Crippen LogP contribution in [0, 0.1) is 12.8 Å². The SMILES string of the molecule is COc1cc(C)ccc1OCC(N)(CO)C1CC1. The monoisotopic (exact) mass is 251 g/mol. The summed E-state index contributed by atoms with van der Waals surface area (Å²) in [5.41, 5.74) is 6.64. The lowest BCUT2D eigenvalue weighted by Gasteiger charge is -2.27. The van der Waals surface area contributed by atoms with Gasteiger partial charge in [0.15, 0.2) is 11.5 Å². The van der Waals surface area contributed by atoms with Crippen molar-refractivity contribution in [3.05, 3.63) is 23.8 Å². The first-order chi connectivity index (χ1) is 8.59. The summed E-state index contributed by atoms with van der Waals surface area (Å²) in [7, 11) is 1.62. The standard InChI is InChI=1S/C14H21NO3/c1-10-3-6-12(13(7-10)17-2)18-9-14(15,8-16)11-4-5-11/h3,6-7,11,16H,4-5,8-9,15H2,1-2H3. The number of benzene rings is 1. The molecule has 0 aromatic heterocycles. The van der Waals surface area contributed by atoms with E-state index in [4.69, 9.17) is 15.2 Å². The van der Waals surface area contributed by atoms with E-state index in [0.29, 0.717) is 24.0 Å². The largest absolute Gasteiger partial charge is 0.493 e. The third-order valence-corrected chi connectivity index (χ3v) is 3.50. The molecule has 0 bridgehead atoms. The Bertz CT molecular complexity index is 418. The van der Waals surface area contributed by atoms with Gasteiger partial charge in [0.2, 0.25) is 0 Å². The summed E-state index contributed by atoms with van der Waals surface area (Å²) in [4.78, 5) is 0. The Morgan fingerprint density at radius 2 is 2.11 bits per heavy atom. The molecular weight excluding hydrogens is 230 g/mol. The molecule has 0 aliphatic heterocycles. The zero-order valence-electron chi connectivity index (χ0n) is 11.0. The van der Waals surface area contributed by atoms with Crippen LogP contribution in [0.4, 0.5) is 0 Å². The van der Waals surface area contributed by atoms with Gasteiger partial charge in [-0.05, 0) is 43.4 Å². The Morgan fingerprint density at radius 3 is 2.67 bits per heavy atom. The van der Waals surface area contributed by atoms with Crippen LogP contribution in [0.3, 0.4) is 0 Å². The number of aliphatic hydroxyl groups is 1. The highest BCUT2D eigenvalue weighted by Gasteiger charge is 2.42. The zero-order chi connectivity index (χ0) is 13.2. The van der Waals surface area contributed by atoms with Gasteiger partial charge in [-0.2, -0.15) is 0 Å². The van der Waals surface area contributed by atoms with Gasteiger partial charge in [-0.1, -0.05) is 6.07 Å². The van der Waals surface area contributed by atoms with E-state index in [1.54, 1.807) is 7.11 Å². The molecule has 1 fully saturated rings.